The van der Waals surface area contributed by atoms with Crippen molar-refractivity contribution in [1.29, 1.82) is 0 Å². The van der Waals surface area contributed by atoms with E-state index in [1.54, 1.807) is 10.6 Å². The van der Waals surface area contributed by atoms with Crippen LogP contribution in [0, 0.1) is 0 Å². The van der Waals surface area contributed by atoms with Gasteiger partial charge < -0.3 is 9.30 Å². The van der Waals surface area contributed by atoms with E-state index in [1.807, 2.05) is 25.1 Å². The Morgan fingerprint density at radius 2 is 1.94 bits per heavy atom. The summed E-state index contributed by atoms with van der Waals surface area (Å²) in [6.07, 6.45) is 2.85. The summed E-state index contributed by atoms with van der Waals surface area (Å²) in [5.74, 6) is 0.688. The van der Waals surface area contributed by atoms with Gasteiger partial charge in [-0.2, -0.15) is 0 Å². The van der Waals surface area contributed by atoms with Crippen LogP contribution in [0.3, 0.4) is 0 Å². The minimum absolute atomic E-state index is 0.0409. The van der Waals surface area contributed by atoms with E-state index in [0.29, 0.717) is 11.3 Å². The number of para-hydroxylation sites is 1. The van der Waals surface area contributed by atoms with Gasteiger partial charge >= 0.3 is 0 Å². The number of carbonyl (C=O) groups is 1. The first-order chi connectivity index (χ1) is 8.27. The fraction of sp³-hybridized carbons (Fsp3) is 0.250. The van der Waals surface area contributed by atoms with E-state index >= 15 is 0 Å². The Bertz CT molecular complexity index is 551. The number of ketones is 1. The quantitative estimate of drug-likeness (QED) is 0.743. The molecule has 0 fully saturated rings. The highest BCUT2D eigenvalue weighted by Crippen LogP contribution is 2.32. The van der Waals surface area contributed by atoms with Crippen molar-refractivity contribution < 1.29 is 9.53 Å². The minimum atomic E-state index is -0.389. The summed E-state index contributed by atoms with van der Waals surface area (Å²) >= 11 is 0. The monoisotopic (exact) mass is 229 g/mol. The van der Waals surface area contributed by atoms with Crippen LogP contribution in [-0.4, -0.2) is 26.7 Å². The Kier molecular flexibility index (Phi) is 2.18. The summed E-state index contributed by atoms with van der Waals surface area (Å²) in [4.78, 5) is 12.4. The first-order valence-electron chi connectivity index (χ1n) is 5.41. The number of hydrogen-bond acceptors (Lipinski definition) is 4. The van der Waals surface area contributed by atoms with Crippen molar-refractivity contribution in [2.24, 2.45) is 0 Å². The van der Waals surface area contributed by atoms with Crippen molar-refractivity contribution in [3.8, 4) is 5.75 Å². The molecule has 3 rings (SSSR count). The van der Waals surface area contributed by atoms with E-state index in [0.717, 1.165) is 0 Å². The van der Waals surface area contributed by atoms with Crippen molar-refractivity contribution in [3.05, 3.63) is 42.5 Å². The average molecular weight is 229 g/mol. The first-order valence-corrected chi connectivity index (χ1v) is 5.41. The van der Waals surface area contributed by atoms with Gasteiger partial charge in [-0.15, -0.1) is 10.2 Å². The lowest BCUT2D eigenvalue weighted by Crippen LogP contribution is -2.37. The topological polar surface area (TPSA) is 57.0 Å². The Morgan fingerprint density at radius 1 is 1.24 bits per heavy atom. The molecule has 86 valence electrons. The summed E-state index contributed by atoms with van der Waals surface area (Å²) in [5, 5.41) is 7.45. The Balaban J connectivity index is 2.07. The van der Waals surface area contributed by atoms with Gasteiger partial charge in [-0.1, -0.05) is 12.1 Å². The number of hydrogen-bond donors (Lipinski definition) is 0. The lowest BCUT2D eigenvalue weighted by molar-refractivity contribution is 0.0717. The van der Waals surface area contributed by atoms with Gasteiger partial charge in [0.25, 0.3) is 0 Å². The number of Topliss-reactive ketones (excluding diaryl/α,β-unsaturated/α-hetero) is 1. The minimum Gasteiger partial charge on any atom is -0.487 e. The molecule has 0 radical (unpaired) electrons. The van der Waals surface area contributed by atoms with Crippen LogP contribution in [0.25, 0.3) is 0 Å². The van der Waals surface area contributed by atoms with Gasteiger partial charge in [-0.25, -0.2) is 0 Å². The molecule has 0 saturated carbocycles. The molecule has 0 aliphatic carbocycles. The number of carbonyl (C=O) groups excluding carboxylic acids is 1. The lowest BCUT2D eigenvalue weighted by atomic mass is 9.96. The van der Waals surface area contributed by atoms with Crippen LogP contribution in [0.4, 0.5) is 0 Å². The van der Waals surface area contributed by atoms with Crippen molar-refractivity contribution in [1.82, 2.24) is 14.8 Å². The highest BCUT2D eigenvalue weighted by molar-refractivity contribution is 6.02. The summed E-state index contributed by atoms with van der Waals surface area (Å²) in [6.45, 7) is 1.87. The number of rotatable bonds is 1. The molecule has 1 aromatic heterocycles. The van der Waals surface area contributed by atoms with E-state index in [9.17, 15) is 4.79 Å². The highest BCUT2D eigenvalue weighted by atomic mass is 16.5. The standard InChI is InChI=1S/C12H11N3O2/c1-8-11(15-6-13-14-7-15)12(16)9-4-2-3-5-10(9)17-8/h2-8,11H,1H3. The zero-order chi connectivity index (χ0) is 11.8. The van der Waals surface area contributed by atoms with Crippen LogP contribution in [-0.2, 0) is 0 Å². The first kappa shape index (κ1) is 10.0. The SMILES string of the molecule is CC1Oc2ccccc2C(=O)C1n1cnnc1. The maximum Gasteiger partial charge on any atom is 0.193 e. The third-order valence-corrected chi connectivity index (χ3v) is 2.94. The summed E-state index contributed by atoms with van der Waals surface area (Å²) < 4.78 is 7.42. The van der Waals surface area contributed by atoms with Crippen molar-refractivity contribution in [3.63, 3.8) is 0 Å². The molecule has 2 atom stereocenters. The molecule has 1 aromatic carbocycles. The molecule has 0 amide bonds. The molecule has 0 bridgehead atoms. The molecule has 5 nitrogen and oxygen atoms in total. The molecule has 0 N–H and O–H groups in total. The molecule has 2 unspecified atom stereocenters. The molecule has 0 spiro atoms. The van der Waals surface area contributed by atoms with Gasteiger partial charge in [0.15, 0.2) is 5.78 Å². The third kappa shape index (κ3) is 1.51. The zero-order valence-corrected chi connectivity index (χ0v) is 9.28. The van der Waals surface area contributed by atoms with Crippen LogP contribution >= 0.6 is 0 Å². The molecule has 2 heterocycles. The molecule has 17 heavy (non-hydrogen) atoms. The van der Waals surface area contributed by atoms with Gasteiger partial charge in [-0.05, 0) is 19.1 Å². The van der Waals surface area contributed by atoms with Crippen molar-refractivity contribution in [2.45, 2.75) is 19.1 Å². The maximum absolute atomic E-state index is 12.4. The molecule has 2 aromatic rings. The summed E-state index contributed by atoms with van der Waals surface area (Å²) in [5.41, 5.74) is 0.615. The molecular formula is C12H11N3O2. The highest BCUT2D eigenvalue weighted by Gasteiger charge is 2.35. The third-order valence-electron chi connectivity index (χ3n) is 2.94. The van der Waals surface area contributed by atoms with Gasteiger partial charge in [0, 0.05) is 0 Å². The van der Waals surface area contributed by atoms with Crippen molar-refractivity contribution in [2.75, 3.05) is 0 Å². The second kappa shape index (κ2) is 3.69. The Hall–Kier alpha value is -2.17. The Labute approximate surface area is 98.0 Å². The van der Waals surface area contributed by atoms with Crippen LogP contribution in [0.5, 0.6) is 5.75 Å². The van der Waals surface area contributed by atoms with E-state index in [-0.39, 0.29) is 17.9 Å². The summed E-state index contributed by atoms with van der Waals surface area (Å²) in [6, 6.07) is 6.89. The van der Waals surface area contributed by atoms with E-state index in [1.165, 1.54) is 12.7 Å². The molecule has 1 aliphatic heterocycles. The van der Waals surface area contributed by atoms with Gasteiger partial charge in [-0.3, -0.25) is 4.79 Å². The lowest BCUT2D eigenvalue weighted by Gasteiger charge is -2.30. The fourth-order valence-electron chi connectivity index (χ4n) is 2.14. The molecular weight excluding hydrogens is 218 g/mol. The number of aromatic nitrogens is 3. The fourth-order valence-corrected chi connectivity index (χ4v) is 2.14. The smallest absolute Gasteiger partial charge is 0.193 e. The normalized spacial score (nSPS) is 23.0. The Morgan fingerprint density at radius 3 is 2.71 bits per heavy atom. The van der Waals surface area contributed by atoms with Crippen molar-refractivity contribution >= 4 is 5.78 Å². The average Bonchev–Trinajstić information content (AvgIpc) is 2.83. The van der Waals surface area contributed by atoms with Gasteiger partial charge in [0.05, 0.1) is 5.56 Å². The molecule has 0 saturated heterocycles. The number of nitrogens with zero attached hydrogens (tertiary/aromatic N) is 3. The number of ether oxygens (including phenoxy) is 1. The van der Waals surface area contributed by atoms with Crippen LogP contribution in [0.2, 0.25) is 0 Å². The predicted octanol–water partition coefficient (Wildman–Crippen LogP) is 1.48. The summed E-state index contributed by atoms with van der Waals surface area (Å²) in [7, 11) is 0. The van der Waals surface area contributed by atoms with Crippen LogP contribution in [0.1, 0.15) is 23.3 Å². The molecule has 5 heteroatoms. The van der Waals surface area contributed by atoms with E-state index < -0.39 is 0 Å². The molecule has 1 aliphatic rings. The zero-order valence-electron chi connectivity index (χ0n) is 9.28. The van der Waals surface area contributed by atoms with Gasteiger partial charge in [0.2, 0.25) is 0 Å². The van der Waals surface area contributed by atoms with Crippen LogP contribution < -0.4 is 4.74 Å². The van der Waals surface area contributed by atoms with E-state index in [2.05, 4.69) is 10.2 Å². The van der Waals surface area contributed by atoms with E-state index in [4.69, 9.17) is 4.74 Å². The second-order valence-electron chi connectivity index (χ2n) is 4.04. The van der Waals surface area contributed by atoms with Gasteiger partial charge in [0.1, 0.15) is 30.5 Å². The van der Waals surface area contributed by atoms with Crippen LogP contribution in [0.15, 0.2) is 36.9 Å². The largest absolute Gasteiger partial charge is 0.487 e. The number of fused-ring (bicyclic) bond motifs is 1. The number of benzene rings is 1. The second-order valence-corrected chi connectivity index (χ2v) is 4.04. The predicted molar refractivity (Wildman–Crippen MR) is 59.9 cm³/mol. The maximum atomic E-state index is 12.4.